The summed E-state index contributed by atoms with van der Waals surface area (Å²) in [4.78, 5) is 28.3. The maximum atomic E-state index is 13.0. The van der Waals surface area contributed by atoms with Gasteiger partial charge in [-0.2, -0.15) is 0 Å². The number of carbonyl (C=O) groups is 2. The highest BCUT2D eigenvalue weighted by Crippen LogP contribution is 2.43. The maximum absolute atomic E-state index is 13.0. The van der Waals surface area contributed by atoms with Crippen molar-refractivity contribution in [2.45, 2.75) is 39.2 Å². The highest BCUT2D eigenvalue weighted by molar-refractivity contribution is 7.10. The Balaban J connectivity index is 1.80. The summed E-state index contributed by atoms with van der Waals surface area (Å²) >= 11 is 1.49. The minimum atomic E-state index is -0.644. The van der Waals surface area contributed by atoms with Crippen LogP contribution < -0.4 is 9.47 Å². The molecular weight excluding hydrogens is 390 g/mol. The van der Waals surface area contributed by atoms with Crippen molar-refractivity contribution < 1.29 is 24.2 Å². The van der Waals surface area contributed by atoms with Crippen molar-refractivity contribution >= 4 is 28.8 Å². The normalized spacial score (nSPS) is 19.9. The number of fused-ring (bicyclic) bond motifs is 1. The van der Waals surface area contributed by atoms with Gasteiger partial charge in [0.1, 0.15) is 5.76 Å². The number of Topliss-reactive ketones (excluding diaryl/α,β-unsaturated/α-hetero) is 1. The molecule has 0 aliphatic carbocycles. The van der Waals surface area contributed by atoms with Gasteiger partial charge in [0.15, 0.2) is 11.5 Å². The Kier molecular flexibility index (Phi) is 5.32. The first-order valence-corrected chi connectivity index (χ1v) is 10.6. The monoisotopic (exact) mass is 413 g/mol. The summed E-state index contributed by atoms with van der Waals surface area (Å²) < 4.78 is 10.7. The van der Waals surface area contributed by atoms with Crippen molar-refractivity contribution in [3.63, 3.8) is 0 Å². The van der Waals surface area contributed by atoms with Crippen LogP contribution in [-0.2, 0) is 9.59 Å². The van der Waals surface area contributed by atoms with Gasteiger partial charge in [-0.05, 0) is 48.6 Å². The lowest BCUT2D eigenvalue weighted by molar-refractivity contribution is -0.139. The van der Waals surface area contributed by atoms with Crippen LogP contribution in [0.3, 0.4) is 0 Å². The van der Waals surface area contributed by atoms with Crippen LogP contribution in [0.4, 0.5) is 0 Å². The summed E-state index contributed by atoms with van der Waals surface area (Å²) in [6.07, 6.45) is 2.81. The molecule has 1 atom stereocenters. The fraction of sp³-hybridized carbons (Fsp3) is 0.364. The molecule has 1 fully saturated rings. The van der Waals surface area contributed by atoms with Crippen molar-refractivity contribution in [2.24, 2.45) is 0 Å². The summed E-state index contributed by atoms with van der Waals surface area (Å²) in [7, 11) is 0. The predicted molar refractivity (Wildman–Crippen MR) is 110 cm³/mol. The number of aliphatic hydroxyl groups excluding tert-OH is 1. The topological polar surface area (TPSA) is 76.1 Å². The molecule has 1 aromatic carbocycles. The average Bonchev–Trinajstić information content (AvgIpc) is 3.41. The molecule has 7 heteroatoms. The molecule has 2 aliphatic heterocycles. The van der Waals surface area contributed by atoms with Crippen LogP contribution in [0.15, 0.2) is 35.2 Å². The zero-order valence-electron chi connectivity index (χ0n) is 16.4. The van der Waals surface area contributed by atoms with E-state index in [0.717, 1.165) is 29.7 Å². The molecule has 4 rings (SSSR count). The Labute approximate surface area is 173 Å². The quantitative estimate of drug-likeness (QED) is 0.329. The molecule has 0 spiro atoms. The number of rotatable bonds is 6. The molecule has 6 nitrogen and oxygen atoms in total. The minimum Gasteiger partial charge on any atom is -0.507 e. The van der Waals surface area contributed by atoms with E-state index in [1.54, 1.807) is 23.1 Å². The Morgan fingerprint density at radius 2 is 2.00 bits per heavy atom. The third kappa shape index (κ3) is 3.40. The Hall–Kier alpha value is -2.80. The maximum Gasteiger partial charge on any atom is 0.295 e. The summed E-state index contributed by atoms with van der Waals surface area (Å²) in [6.45, 7) is 4.65. The second kappa shape index (κ2) is 7.91. The summed E-state index contributed by atoms with van der Waals surface area (Å²) in [6, 6.07) is 6.40. The lowest BCUT2D eigenvalue weighted by Gasteiger charge is -2.24. The second-order valence-electron chi connectivity index (χ2n) is 7.24. The van der Waals surface area contributed by atoms with E-state index in [0.29, 0.717) is 23.6 Å². The van der Waals surface area contributed by atoms with Crippen molar-refractivity contribution in [1.29, 1.82) is 0 Å². The third-order valence-electron chi connectivity index (χ3n) is 5.34. The van der Waals surface area contributed by atoms with Crippen LogP contribution in [0.25, 0.3) is 5.76 Å². The molecule has 0 saturated carbocycles. The van der Waals surface area contributed by atoms with Gasteiger partial charge in [0, 0.05) is 17.0 Å². The van der Waals surface area contributed by atoms with Gasteiger partial charge in [-0.3, -0.25) is 9.59 Å². The highest BCUT2D eigenvalue weighted by atomic mass is 32.1. The van der Waals surface area contributed by atoms with Crippen LogP contribution in [0.5, 0.6) is 11.5 Å². The van der Waals surface area contributed by atoms with Crippen LogP contribution in [0.2, 0.25) is 0 Å². The lowest BCUT2D eigenvalue weighted by Crippen LogP contribution is -2.30. The van der Waals surface area contributed by atoms with E-state index in [-0.39, 0.29) is 18.1 Å². The number of nitrogens with zero attached hydrogens (tertiary/aromatic N) is 1. The van der Waals surface area contributed by atoms with E-state index in [9.17, 15) is 14.7 Å². The number of hydrogen-bond donors (Lipinski definition) is 1. The molecule has 1 N–H and O–H groups in total. The molecular formula is C22H23NO5S. The van der Waals surface area contributed by atoms with Gasteiger partial charge in [0.25, 0.3) is 11.7 Å². The number of benzene rings is 1. The second-order valence-corrected chi connectivity index (χ2v) is 8.18. The number of ether oxygens (including phenoxy) is 2. The van der Waals surface area contributed by atoms with E-state index in [1.165, 1.54) is 11.3 Å². The summed E-state index contributed by atoms with van der Waals surface area (Å²) in [5, 5.41) is 13.0. The Bertz CT molecular complexity index is 993. The summed E-state index contributed by atoms with van der Waals surface area (Å²) in [5.41, 5.74) is 1.56. The molecule has 2 aliphatic rings. The Morgan fingerprint density at radius 1 is 1.21 bits per heavy atom. The zero-order valence-corrected chi connectivity index (χ0v) is 17.3. The van der Waals surface area contributed by atoms with E-state index in [2.05, 4.69) is 6.92 Å². The number of likely N-dealkylation sites (tertiary alicyclic amines) is 1. The SMILES string of the molecule is CCCCCN1C(=O)C(=O)/C(=C(\O)c2ccc3c(c2)OCO3)C1c1sccc1C. The third-order valence-corrected chi connectivity index (χ3v) is 6.41. The van der Waals surface area contributed by atoms with Gasteiger partial charge in [0.05, 0.1) is 11.6 Å². The highest BCUT2D eigenvalue weighted by Gasteiger charge is 2.46. The molecule has 1 aromatic heterocycles. The van der Waals surface area contributed by atoms with Gasteiger partial charge in [-0.15, -0.1) is 11.3 Å². The van der Waals surface area contributed by atoms with Gasteiger partial charge in [-0.1, -0.05) is 19.8 Å². The van der Waals surface area contributed by atoms with E-state index < -0.39 is 17.7 Å². The van der Waals surface area contributed by atoms with Gasteiger partial charge in [-0.25, -0.2) is 0 Å². The van der Waals surface area contributed by atoms with Crippen molar-refractivity contribution in [3.8, 4) is 11.5 Å². The fourth-order valence-electron chi connectivity index (χ4n) is 3.78. The standard InChI is InChI=1S/C22H23NO5S/c1-3-4-5-9-23-18(21-13(2)8-10-29-21)17(20(25)22(23)26)19(24)14-6-7-15-16(11-14)28-12-27-15/h6-8,10-11,18,24H,3-5,9,12H2,1-2H3/b19-17-. The molecule has 1 amide bonds. The van der Waals surface area contributed by atoms with Crippen LogP contribution in [-0.4, -0.2) is 35.0 Å². The first kappa shape index (κ1) is 19.5. The number of carbonyl (C=O) groups excluding carboxylic acids is 2. The largest absolute Gasteiger partial charge is 0.507 e. The molecule has 0 bridgehead atoms. The number of unbranched alkanes of at least 4 members (excludes halogenated alkanes) is 2. The number of thiophene rings is 1. The van der Waals surface area contributed by atoms with Gasteiger partial charge in [0.2, 0.25) is 6.79 Å². The number of aryl methyl sites for hydroxylation is 1. The molecule has 152 valence electrons. The Morgan fingerprint density at radius 3 is 2.72 bits per heavy atom. The molecule has 2 aromatic rings. The summed E-state index contributed by atoms with van der Waals surface area (Å²) in [5.74, 6) is -0.282. The van der Waals surface area contributed by atoms with Crippen LogP contribution in [0.1, 0.15) is 48.2 Å². The fourth-order valence-corrected chi connectivity index (χ4v) is 4.83. The zero-order chi connectivity index (χ0) is 20.5. The number of amides is 1. The van der Waals surface area contributed by atoms with Crippen LogP contribution in [0, 0.1) is 6.92 Å². The van der Waals surface area contributed by atoms with Crippen LogP contribution >= 0.6 is 11.3 Å². The van der Waals surface area contributed by atoms with Gasteiger partial charge < -0.3 is 19.5 Å². The smallest absolute Gasteiger partial charge is 0.295 e. The minimum absolute atomic E-state index is 0.121. The first-order valence-electron chi connectivity index (χ1n) is 9.75. The molecule has 29 heavy (non-hydrogen) atoms. The lowest BCUT2D eigenvalue weighted by atomic mass is 9.98. The van der Waals surface area contributed by atoms with Crippen molar-refractivity contribution in [2.75, 3.05) is 13.3 Å². The number of hydrogen-bond acceptors (Lipinski definition) is 6. The molecule has 1 saturated heterocycles. The van der Waals surface area contributed by atoms with Crippen molar-refractivity contribution in [1.82, 2.24) is 4.90 Å². The van der Waals surface area contributed by atoms with E-state index in [4.69, 9.17) is 9.47 Å². The average molecular weight is 413 g/mol. The molecule has 3 heterocycles. The van der Waals surface area contributed by atoms with Crippen molar-refractivity contribution in [3.05, 3.63) is 51.2 Å². The first-order chi connectivity index (χ1) is 14.0. The molecule has 1 unspecified atom stereocenters. The number of ketones is 1. The predicted octanol–water partition coefficient (Wildman–Crippen LogP) is 4.40. The van der Waals surface area contributed by atoms with E-state index >= 15 is 0 Å². The number of aliphatic hydroxyl groups is 1. The van der Waals surface area contributed by atoms with Gasteiger partial charge >= 0.3 is 0 Å². The molecule has 0 radical (unpaired) electrons. The van der Waals surface area contributed by atoms with E-state index in [1.807, 2.05) is 18.4 Å².